The number of allylic oxidation sites excluding steroid dienone is 2. The summed E-state index contributed by atoms with van der Waals surface area (Å²) in [6.45, 7) is 6.46. The lowest BCUT2D eigenvalue weighted by atomic mass is 9.77. The molecule has 5 atom stereocenters. The second kappa shape index (κ2) is 9.86. The number of aliphatic hydroxyl groups excluding tert-OH is 1. The Morgan fingerprint density at radius 3 is 2.56 bits per heavy atom. The summed E-state index contributed by atoms with van der Waals surface area (Å²) in [4.78, 5) is 23.1. The van der Waals surface area contributed by atoms with Gasteiger partial charge in [-0.25, -0.2) is 0 Å². The second-order valence-electron chi connectivity index (χ2n) is 9.44. The van der Waals surface area contributed by atoms with Gasteiger partial charge in [-0.05, 0) is 61.9 Å². The molecule has 154 valence electrons. The van der Waals surface area contributed by atoms with E-state index in [-0.39, 0.29) is 35.1 Å². The highest BCUT2D eigenvalue weighted by molar-refractivity contribution is 5.94. The molecule has 0 aromatic carbocycles. The molecule has 1 fully saturated rings. The lowest BCUT2D eigenvalue weighted by Crippen LogP contribution is -2.30. The van der Waals surface area contributed by atoms with Crippen LogP contribution >= 0.6 is 0 Å². The van der Waals surface area contributed by atoms with Crippen LogP contribution in [0, 0.1) is 29.1 Å². The van der Waals surface area contributed by atoms with E-state index in [2.05, 4.69) is 20.8 Å². The molecule has 0 bridgehead atoms. The first-order valence-corrected chi connectivity index (χ1v) is 10.9. The van der Waals surface area contributed by atoms with Gasteiger partial charge in [0.15, 0.2) is 5.78 Å². The molecule has 0 aromatic heterocycles. The fourth-order valence-electron chi connectivity index (χ4n) is 4.52. The molecule has 0 radical (unpaired) electrons. The second-order valence-corrected chi connectivity index (χ2v) is 9.44. The molecule has 0 spiro atoms. The first-order valence-electron chi connectivity index (χ1n) is 10.9. The van der Waals surface area contributed by atoms with Crippen molar-refractivity contribution in [1.82, 2.24) is 0 Å². The Morgan fingerprint density at radius 2 is 1.93 bits per heavy atom. The van der Waals surface area contributed by atoms with Crippen LogP contribution in [0.4, 0.5) is 0 Å². The lowest BCUT2D eigenvalue weighted by Gasteiger charge is -2.31. The van der Waals surface area contributed by atoms with Crippen molar-refractivity contribution < 1.29 is 19.8 Å². The maximum atomic E-state index is 12.2. The van der Waals surface area contributed by atoms with Gasteiger partial charge in [-0.2, -0.15) is 0 Å². The monoisotopic (exact) mass is 378 g/mol. The lowest BCUT2D eigenvalue weighted by molar-refractivity contribution is -0.138. The minimum atomic E-state index is -0.657. The van der Waals surface area contributed by atoms with Crippen LogP contribution in [0.25, 0.3) is 0 Å². The third kappa shape index (κ3) is 6.44. The number of carboxylic acids is 1. The van der Waals surface area contributed by atoms with Crippen LogP contribution in [0.1, 0.15) is 85.0 Å². The minimum absolute atomic E-state index is 0.0606. The van der Waals surface area contributed by atoms with Crippen molar-refractivity contribution in [2.24, 2.45) is 29.1 Å². The molecule has 2 aliphatic rings. The van der Waals surface area contributed by atoms with E-state index >= 15 is 0 Å². The van der Waals surface area contributed by atoms with Crippen molar-refractivity contribution in [3.05, 3.63) is 12.2 Å². The zero-order valence-corrected chi connectivity index (χ0v) is 17.3. The van der Waals surface area contributed by atoms with Gasteiger partial charge in [0.05, 0.1) is 12.0 Å². The van der Waals surface area contributed by atoms with Crippen LogP contribution < -0.4 is 0 Å². The zero-order valence-electron chi connectivity index (χ0n) is 17.3. The number of carbonyl (C=O) groups is 2. The van der Waals surface area contributed by atoms with Crippen molar-refractivity contribution in [2.75, 3.05) is 0 Å². The molecule has 0 aliphatic heterocycles. The molecule has 2 rings (SSSR count). The number of aliphatic hydroxyl groups is 1. The number of hydrogen-bond donors (Lipinski definition) is 2. The normalized spacial score (nSPS) is 28.5. The molecule has 0 heterocycles. The Balaban J connectivity index is 1.70. The van der Waals surface area contributed by atoms with Crippen LogP contribution in [0.3, 0.4) is 0 Å². The molecule has 0 amide bonds. The van der Waals surface area contributed by atoms with Crippen LogP contribution in [-0.4, -0.2) is 28.1 Å². The first kappa shape index (κ1) is 22.1. The molecule has 2 N–H and O–H groups in total. The topological polar surface area (TPSA) is 74.6 Å². The van der Waals surface area contributed by atoms with Gasteiger partial charge in [-0.3, -0.25) is 9.59 Å². The highest BCUT2D eigenvalue weighted by Gasteiger charge is 2.42. The summed E-state index contributed by atoms with van der Waals surface area (Å²) in [5.41, 5.74) is -0.0667. The molecule has 27 heavy (non-hydrogen) atoms. The summed E-state index contributed by atoms with van der Waals surface area (Å²) in [5.74, 6) is 0.124. The molecule has 4 heteroatoms. The fourth-order valence-corrected chi connectivity index (χ4v) is 4.52. The van der Waals surface area contributed by atoms with Crippen molar-refractivity contribution >= 4 is 11.8 Å². The molecule has 4 nitrogen and oxygen atoms in total. The van der Waals surface area contributed by atoms with Crippen molar-refractivity contribution in [2.45, 2.75) is 91.1 Å². The Labute approximate surface area is 164 Å². The number of ketones is 1. The third-order valence-corrected chi connectivity index (χ3v) is 6.82. The summed E-state index contributed by atoms with van der Waals surface area (Å²) in [5, 5.41) is 19.6. The predicted molar refractivity (Wildman–Crippen MR) is 107 cm³/mol. The maximum Gasteiger partial charge on any atom is 0.306 e. The van der Waals surface area contributed by atoms with E-state index in [0.717, 1.165) is 64.2 Å². The molecule has 0 saturated heterocycles. The van der Waals surface area contributed by atoms with Gasteiger partial charge < -0.3 is 10.2 Å². The minimum Gasteiger partial charge on any atom is -0.481 e. The number of unbranched alkanes of at least 4 members (excludes halogenated alkanes) is 2. The van der Waals surface area contributed by atoms with Crippen molar-refractivity contribution in [3.63, 3.8) is 0 Å². The molecule has 2 aliphatic carbocycles. The summed E-state index contributed by atoms with van der Waals surface area (Å²) in [7, 11) is 0. The van der Waals surface area contributed by atoms with Gasteiger partial charge in [0, 0.05) is 5.92 Å². The van der Waals surface area contributed by atoms with Crippen LogP contribution in [-0.2, 0) is 9.59 Å². The molecule has 0 aromatic rings. The van der Waals surface area contributed by atoms with E-state index in [9.17, 15) is 14.7 Å². The Morgan fingerprint density at radius 1 is 1.22 bits per heavy atom. The average Bonchev–Trinajstić information content (AvgIpc) is 3.32. The summed E-state index contributed by atoms with van der Waals surface area (Å²) < 4.78 is 0. The van der Waals surface area contributed by atoms with E-state index in [1.807, 2.05) is 6.08 Å². The first-order chi connectivity index (χ1) is 12.8. The van der Waals surface area contributed by atoms with Gasteiger partial charge in [0.1, 0.15) is 0 Å². The number of hydrogen-bond acceptors (Lipinski definition) is 3. The van der Waals surface area contributed by atoms with Crippen LogP contribution in [0.5, 0.6) is 0 Å². The fraction of sp³-hybridized carbons (Fsp3) is 0.826. The molecular formula is C23H38O4. The van der Waals surface area contributed by atoms with Crippen LogP contribution in [0.2, 0.25) is 0 Å². The van der Waals surface area contributed by atoms with Gasteiger partial charge in [-0.1, -0.05) is 52.5 Å². The van der Waals surface area contributed by atoms with E-state index in [1.165, 1.54) is 0 Å². The van der Waals surface area contributed by atoms with E-state index in [1.54, 1.807) is 6.08 Å². The number of aliphatic carboxylic acids is 1. The largest absolute Gasteiger partial charge is 0.481 e. The van der Waals surface area contributed by atoms with Crippen molar-refractivity contribution in [3.8, 4) is 0 Å². The predicted octanol–water partition coefficient (Wildman–Crippen LogP) is 5.00. The Bertz CT molecular complexity index is 536. The molecule has 1 saturated carbocycles. The molecular weight excluding hydrogens is 340 g/mol. The number of carbonyl (C=O) groups excluding carboxylic acids is 1. The van der Waals surface area contributed by atoms with Crippen LogP contribution in [0.15, 0.2) is 12.2 Å². The number of rotatable bonds is 13. The smallest absolute Gasteiger partial charge is 0.306 e. The highest BCUT2D eigenvalue weighted by atomic mass is 16.4. The summed E-state index contributed by atoms with van der Waals surface area (Å²) in [6.07, 6.45) is 13.1. The molecule has 0 unspecified atom stereocenters. The average molecular weight is 379 g/mol. The third-order valence-electron chi connectivity index (χ3n) is 6.82. The van der Waals surface area contributed by atoms with Gasteiger partial charge in [0.25, 0.3) is 0 Å². The summed E-state index contributed by atoms with van der Waals surface area (Å²) in [6, 6.07) is 0. The van der Waals surface area contributed by atoms with E-state index in [4.69, 9.17) is 5.11 Å². The standard InChI is InChI=1S/C23H38O4/c1-4-5-14-23(2,3)21(25)13-11-16-10-12-20(24)18(16)9-7-6-8-17-15-19(17)22(26)27/h10,12,16-19,21,25H,4-9,11,13-15H2,1-3H3,(H,26,27)/t16-,17-,18-,19-,21+/m1/s1. The number of carboxylic acid groups (broad SMARTS) is 1. The zero-order chi connectivity index (χ0) is 20.0. The van der Waals surface area contributed by atoms with Gasteiger partial charge in [-0.15, -0.1) is 0 Å². The van der Waals surface area contributed by atoms with Gasteiger partial charge in [0.2, 0.25) is 0 Å². The van der Waals surface area contributed by atoms with Crippen molar-refractivity contribution in [1.29, 1.82) is 0 Å². The summed E-state index contributed by atoms with van der Waals surface area (Å²) >= 11 is 0. The highest BCUT2D eigenvalue weighted by Crippen LogP contribution is 2.43. The SMILES string of the molecule is CCCCC(C)(C)[C@@H](O)CC[C@H]1C=CC(=O)[C@@H]1CCCC[C@@H]1C[C@H]1C(=O)O. The maximum absolute atomic E-state index is 12.2. The Kier molecular flexibility index (Phi) is 8.08. The van der Waals surface area contributed by atoms with E-state index < -0.39 is 5.97 Å². The quantitative estimate of drug-likeness (QED) is 0.442. The Hall–Kier alpha value is -1.16. The van der Waals surface area contributed by atoms with Gasteiger partial charge >= 0.3 is 5.97 Å². The van der Waals surface area contributed by atoms with E-state index in [0.29, 0.717) is 5.92 Å².